The second-order valence-electron chi connectivity index (χ2n) is 8.53. The van der Waals surface area contributed by atoms with Crippen LogP contribution in [0.4, 0.5) is 0 Å². The van der Waals surface area contributed by atoms with Gasteiger partial charge in [0.15, 0.2) is 5.78 Å². The van der Waals surface area contributed by atoms with Crippen molar-refractivity contribution in [2.45, 2.75) is 38.7 Å². The number of hydrogen-bond donors (Lipinski definition) is 0. The number of carbonyl (C=O) groups is 2. The molecule has 3 aromatic rings. The van der Waals surface area contributed by atoms with E-state index in [1.54, 1.807) is 10.7 Å². The standard InChI is InChI=1S/C23H24N4O3/c1-14-10-17-20(28)13-23(30-21(17)11-15(14)2)6-8-27(9-7-23)22(29)16-4-5-19-18(12-16)24-25-26(19)3/h4-5,10-12H,6-9,13H2,1-3H3. The highest BCUT2D eigenvalue weighted by molar-refractivity contribution is 6.01. The van der Waals surface area contributed by atoms with Gasteiger partial charge in [0.1, 0.15) is 16.9 Å². The third kappa shape index (κ3) is 2.96. The number of aromatic nitrogens is 3. The molecule has 1 spiro atoms. The summed E-state index contributed by atoms with van der Waals surface area (Å²) in [5.41, 5.74) is 4.59. The van der Waals surface area contributed by atoms with E-state index in [9.17, 15) is 9.59 Å². The van der Waals surface area contributed by atoms with Crippen molar-refractivity contribution in [2.75, 3.05) is 13.1 Å². The molecule has 1 aromatic heterocycles. The van der Waals surface area contributed by atoms with Gasteiger partial charge in [0, 0.05) is 38.5 Å². The normalized spacial score (nSPS) is 17.8. The Morgan fingerprint density at radius 1 is 1.10 bits per heavy atom. The molecule has 2 aliphatic rings. The molecule has 7 nitrogen and oxygen atoms in total. The first-order chi connectivity index (χ1) is 14.3. The van der Waals surface area contributed by atoms with Gasteiger partial charge in [-0.3, -0.25) is 9.59 Å². The van der Waals surface area contributed by atoms with E-state index >= 15 is 0 Å². The van der Waals surface area contributed by atoms with Crippen molar-refractivity contribution in [3.63, 3.8) is 0 Å². The summed E-state index contributed by atoms with van der Waals surface area (Å²) in [4.78, 5) is 27.7. The molecule has 2 aliphatic heterocycles. The predicted octanol–water partition coefficient (Wildman–Crippen LogP) is 3.23. The van der Waals surface area contributed by atoms with Crippen LogP contribution in [0.1, 0.15) is 51.1 Å². The first kappa shape index (κ1) is 18.8. The largest absolute Gasteiger partial charge is 0.486 e. The maximum absolute atomic E-state index is 13.0. The molecule has 1 saturated heterocycles. The fourth-order valence-corrected chi connectivity index (χ4v) is 4.50. The molecule has 0 atom stereocenters. The maximum Gasteiger partial charge on any atom is 0.253 e. The zero-order valence-corrected chi connectivity index (χ0v) is 17.4. The second-order valence-corrected chi connectivity index (χ2v) is 8.53. The number of aryl methyl sites for hydroxylation is 3. The number of carbonyl (C=O) groups excluding carboxylic acids is 2. The highest BCUT2D eigenvalue weighted by atomic mass is 16.5. The lowest BCUT2D eigenvalue weighted by atomic mass is 9.81. The number of likely N-dealkylation sites (tertiary alicyclic amines) is 1. The molecule has 30 heavy (non-hydrogen) atoms. The van der Waals surface area contributed by atoms with Crippen molar-refractivity contribution in [3.05, 3.63) is 52.6 Å². The SMILES string of the molecule is Cc1cc2c(cc1C)C(=O)CC1(CCN(C(=O)c3ccc4c(c3)nnn4C)CC1)O2. The Bertz CT molecular complexity index is 1190. The van der Waals surface area contributed by atoms with E-state index in [4.69, 9.17) is 4.74 Å². The lowest BCUT2D eigenvalue weighted by Crippen LogP contribution is -2.52. The molecule has 154 valence electrons. The van der Waals surface area contributed by atoms with E-state index in [0.717, 1.165) is 16.6 Å². The molecule has 2 aromatic carbocycles. The predicted molar refractivity (Wildman–Crippen MR) is 112 cm³/mol. The Morgan fingerprint density at radius 2 is 1.83 bits per heavy atom. The fraction of sp³-hybridized carbons (Fsp3) is 0.391. The Kier molecular flexibility index (Phi) is 4.17. The van der Waals surface area contributed by atoms with Crippen molar-refractivity contribution >= 4 is 22.7 Å². The van der Waals surface area contributed by atoms with Gasteiger partial charge >= 0.3 is 0 Å². The second kappa shape index (κ2) is 6.65. The average Bonchev–Trinajstić information content (AvgIpc) is 3.10. The number of nitrogens with zero attached hydrogens (tertiary/aromatic N) is 4. The summed E-state index contributed by atoms with van der Waals surface area (Å²) >= 11 is 0. The molecule has 1 fully saturated rings. The van der Waals surface area contributed by atoms with Crippen molar-refractivity contribution in [3.8, 4) is 5.75 Å². The van der Waals surface area contributed by atoms with E-state index in [1.165, 1.54) is 0 Å². The van der Waals surface area contributed by atoms with Gasteiger partial charge in [-0.25, -0.2) is 4.68 Å². The molecule has 0 N–H and O–H groups in total. The van der Waals surface area contributed by atoms with Gasteiger partial charge in [0.2, 0.25) is 0 Å². The summed E-state index contributed by atoms with van der Waals surface area (Å²) < 4.78 is 8.07. The molecule has 0 radical (unpaired) electrons. The maximum atomic E-state index is 13.0. The number of ether oxygens (including phenoxy) is 1. The van der Waals surface area contributed by atoms with Crippen molar-refractivity contribution in [1.29, 1.82) is 0 Å². The number of fused-ring (bicyclic) bond motifs is 2. The van der Waals surface area contributed by atoms with Gasteiger partial charge in [-0.2, -0.15) is 0 Å². The van der Waals surface area contributed by atoms with Crippen LogP contribution in [0.5, 0.6) is 5.75 Å². The molecule has 7 heteroatoms. The fourth-order valence-electron chi connectivity index (χ4n) is 4.50. The van der Waals surface area contributed by atoms with Crippen LogP contribution in [-0.2, 0) is 7.05 Å². The number of rotatable bonds is 1. The summed E-state index contributed by atoms with van der Waals surface area (Å²) in [6, 6.07) is 9.38. The molecular formula is C23H24N4O3. The Morgan fingerprint density at radius 3 is 2.60 bits per heavy atom. The minimum Gasteiger partial charge on any atom is -0.486 e. The van der Waals surface area contributed by atoms with Gasteiger partial charge in [-0.15, -0.1) is 5.10 Å². The van der Waals surface area contributed by atoms with Crippen LogP contribution in [0.2, 0.25) is 0 Å². The number of ketones is 1. The summed E-state index contributed by atoms with van der Waals surface area (Å²) in [7, 11) is 1.83. The summed E-state index contributed by atoms with van der Waals surface area (Å²) in [5.74, 6) is 0.792. The molecule has 0 aliphatic carbocycles. The third-order valence-corrected chi connectivity index (χ3v) is 6.53. The lowest BCUT2D eigenvalue weighted by Gasteiger charge is -2.44. The van der Waals surface area contributed by atoms with Gasteiger partial charge < -0.3 is 9.64 Å². The Labute approximate surface area is 174 Å². The smallest absolute Gasteiger partial charge is 0.253 e. The van der Waals surface area contributed by atoms with Crippen LogP contribution in [0.15, 0.2) is 30.3 Å². The first-order valence-electron chi connectivity index (χ1n) is 10.3. The van der Waals surface area contributed by atoms with E-state index in [-0.39, 0.29) is 11.7 Å². The van der Waals surface area contributed by atoms with Crippen LogP contribution < -0.4 is 4.74 Å². The first-order valence-corrected chi connectivity index (χ1v) is 10.3. The number of amides is 1. The molecule has 0 unspecified atom stereocenters. The van der Waals surface area contributed by atoms with Gasteiger partial charge in [-0.1, -0.05) is 5.21 Å². The van der Waals surface area contributed by atoms with Gasteiger partial charge in [-0.05, 0) is 55.3 Å². The number of benzene rings is 2. The van der Waals surface area contributed by atoms with E-state index in [2.05, 4.69) is 10.3 Å². The molecule has 3 heterocycles. The van der Waals surface area contributed by atoms with E-state index < -0.39 is 5.60 Å². The Hall–Kier alpha value is -3.22. The molecule has 0 bridgehead atoms. The third-order valence-electron chi connectivity index (χ3n) is 6.53. The number of piperidine rings is 1. The molecular weight excluding hydrogens is 380 g/mol. The zero-order valence-electron chi connectivity index (χ0n) is 17.4. The lowest BCUT2D eigenvalue weighted by molar-refractivity contribution is -0.00575. The molecule has 5 rings (SSSR count). The number of Topliss-reactive ketones (excluding diaryl/α,β-unsaturated/α-hetero) is 1. The van der Waals surface area contributed by atoms with Crippen LogP contribution in [0.25, 0.3) is 11.0 Å². The van der Waals surface area contributed by atoms with E-state index in [1.807, 2.05) is 50.1 Å². The Balaban J connectivity index is 1.33. The highest BCUT2D eigenvalue weighted by Crippen LogP contribution is 2.40. The molecule has 0 saturated carbocycles. The topological polar surface area (TPSA) is 77.3 Å². The minimum absolute atomic E-state index is 0.0218. The average molecular weight is 404 g/mol. The zero-order chi connectivity index (χ0) is 21.0. The van der Waals surface area contributed by atoms with Crippen LogP contribution >= 0.6 is 0 Å². The van der Waals surface area contributed by atoms with E-state index in [0.29, 0.717) is 54.7 Å². The monoisotopic (exact) mass is 404 g/mol. The minimum atomic E-state index is -0.516. The van der Waals surface area contributed by atoms with Crippen molar-refractivity contribution < 1.29 is 14.3 Å². The summed E-state index contributed by atoms with van der Waals surface area (Å²) in [6.07, 6.45) is 1.66. The van der Waals surface area contributed by atoms with Gasteiger partial charge in [0.25, 0.3) is 5.91 Å². The van der Waals surface area contributed by atoms with Crippen molar-refractivity contribution in [1.82, 2.24) is 19.9 Å². The quantitative estimate of drug-likeness (QED) is 0.622. The van der Waals surface area contributed by atoms with Crippen LogP contribution in [0, 0.1) is 13.8 Å². The van der Waals surface area contributed by atoms with Crippen molar-refractivity contribution in [2.24, 2.45) is 7.05 Å². The van der Waals surface area contributed by atoms with Crippen LogP contribution in [0.3, 0.4) is 0 Å². The summed E-state index contributed by atoms with van der Waals surface area (Å²) in [5, 5.41) is 8.10. The van der Waals surface area contributed by atoms with Crippen LogP contribution in [-0.4, -0.2) is 50.3 Å². The summed E-state index contributed by atoms with van der Waals surface area (Å²) in [6.45, 7) is 5.16. The highest BCUT2D eigenvalue weighted by Gasteiger charge is 2.43. The van der Waals surface area contributed by atoms with Gasteiger partial charge in [0.05, 0.1) is 17.5 Å². The number of hydrogen-bond acceptors (Lipinski definition) is 5. The molecule has 1 amide bonds.